The highest BCUT2D eigenvalue weighted by Gasteiger charge is 2.20. The van der Waals surface area contributed by atoms with E-state index in [1.54, 1.807) is 7.11 Å². The molecule has 0 aromatic heterocycles. The number of ether oxygens (including phenoxy) is 1. The molecular weight excluding hydrogens is 397 g/mol. The van der Waals surface area contributed by atoms with Gasteiger partial charge in [0.1, 0.15) is 0 Å². The van der Waals surface area contributed by atoms with Gasteiger partial charge in [-0.25, -0.2) is 0 Å². The van der Waals surface area contributed by atoms with Gasteiger partial charge in [-0.05, 0) is 43.5 Å². The number of hydrogen-bond acceptors (Lipinski definition) is 4. The smallest absolute Gasteiger partial charge is 0.233 e. The summed E-state index contributed by atoms with van der Waals surface area (Å²) in [5, 5.41) is 6.92. The lowest BCUT2D eigenvalue weighted by atomic mass is 9.96. The van der Waals surface area contributed by atoms with E-state index in [0.29, 0.717) is 25.6 Å². The molecule has 1 aliphatic rings. The van der Waals surface area contributed by atoms with Gasteiger partial charge in [0.05, 0.1) is 13.2 Å². The van der Waals surface area contributed by atoms with Gasteiger partial charge in [0.25, 0.3) is 0 Å². The lowest BCUT2D eigenvalue weighted by molar-refractivity contribution is -0.120. The molecule has 26 heavy (non-hydrogen) atoms. The molecule has 1 aromatic carbocycles. The summed E-state index contributed by atoms with van der Waals surface area (Å²) in [6, 6.07) is 8.03. The molecule has 0 unspecified atom stereocenters. The second-order valence-corrected chi connectivity index (χ2v) is 6.69. The summed E-state index contributed by atoms with van der Waals surface area (Å²) in [6.45, 7) is 5.46. The largest absolute Gasteiger partial charge is 0.383 e. The number of carbonyl (C=O) groups excluding carboxylic acids is 1. The molecule has 0 atom stereocenters. The van der Waals surface area contributed by atoms with Crippen LogP contribution in [-0.4, -0.2) is 57.2 Å². The third kappa shape index (κ3) is 9.40. The first-order valence-electron chi connectivity index (χ1n) is 8.61. The zero-order chi connectivity index (χ0) is 17.2. The molecule has 8 heteroatoms. The van der Waals surface area contributed by atoms with Crippen molar-refractivity contribution in [1.82, 2.24) is 15.5 Å². The van der Waals surface area contributed by atoms with Gasteiger partial charge < -0.3 is 15.4 Å². The van der Waals surface area contributed by atoms with Crippen molar-refractivity contribution in [2.75, 3.05) is 46.4 Å². The predicted octanol–water partition coefficient (Wildman–Crippen LogP) is 2.75. The number of piperidine rings is 1. The van der Waals surface area contributed by atoms with E-state index in [-0.39, 0.29) is 30.7 Å². The second kappa shape index (κ2) is 14.5. The number of nitrogens with zero attached hydrogens (tertiary/aromatic N) is 1. The first kappa shape index (κ1) is 25.4. The molecule has 1 amide bonds. The number of benzene rings is 1. The van der Waals surface area contributed by atoms with Gasteiger partial charge in [-0.1, -0.05) is 29.8 Å². The van der Waals surface area contributed by atoms with Crippen LogP contribution in [0.5, 0.6) is 0 Å². The monoisotopic (exact) mass is 425 g/mol. The van der Waals surface area contributed by atoms with Crippen LogP contribution >= 0.6 is 36.4 Å². The highest BCUT2D eigenvalue weighted by molar-refractivity contribution is 6.31. The summed E-state index contributed by atoms with van der Waals surface area (Å²) < 4.78 is 4.93. The normalized spacial score (nSPS) is 15.0. The standard InChI is InChI=1S/C18H28ClN3O2.2ClH/c1-24-11-8-20-13-18(23)21-12-15-6-9-22(10-7-15)14-16-4-2-3-5-17(16)19;;/h2-5,15,20H,6-14H2,1H3,(H,21,23);2*1H. The minimum Gasteiger partial charge on any atom is -0.383 e. The predicted molar refractivity (Wildman–Crippen MR) is 112 cm³/mol. The van der Waals surface area contributed by atoms with Gasteiger partial charge in [0.15, 0.2) is 0 Å². The molecule has 1 aliphatic heterocycles. The fourth-order valence-electron chi connectivity index (χ4n) is 2.91. The summed E-state index contributed by atoms with van der Waals surface area (Å²) in [5.41, 5.74) is 1.19. The summed E-state index contributed by atoms with van der Waals surface area (Å²) >= 11 is 6.23. The molecule has 5 nitrogen and oxygen atoms in total. The molecule has 1 fully saturated rings. The number of rotatable bonds is 9. The van der Waals surface area contributed by atoms with E-state index in [0.717, 1.165) is 44.0 Å². The second-order valence-electron chi connectivity index (χ2n) is 6.28. The number of likely N-dealkylation sites (tertiary alicyclic amines) is 1. The van der Waals surface area contributed by atoms with Crippen molar-refractivity contribution in [3.63, 3.8) is 0 Å². The molecule has 150 valence electrons. The van der Waals surface area contributed by atoms with Crippen LogP contribution in [-0.2, 0) is 16.1 Å². The quantitative estimate of drug-likeness (QED) is 0.596. The van der Waals surface area contributed by atoms with Crippen LogP contribution in [0.25, 0.3) is 0 Å². The fourth-order valence-corrected chi connectivity index (χ4v) is 3.11. The molecule has 0 bridgehead atoms. The van der Waals surface area contributed by atoms with Gasteiger partial charge in [-0.15, -0.1) is 24.8 Å². The van der Waals surface area contributed by atoms with Crippen molar-refractivity contribution < 1.29 is 9.53 Å². The summed E-state index contributed by atoms with van der Waals surface area (Å²) in [5.74, 6) is 0.625. The van der Waals surface area contributed by atoms with Gasteiger partial charge >= 0.3 is 0 Å². The Morgan fingerprint density at radius 1 is 1.27 bits per heavy atom. The van der Waals surface area contributed by atoms with E-state index in [2.05, 4.69) is 21.6 Å². The number of halogens is 3. The summed E-state index contributed by atoms with van der Waals surface area (Å²) in [6.07, 6.45) is 2.23. The van der Waals surface area contributed by atoms with Crippen molar-refractivity contribution in [1.29, 1.82) is 0 Å². The van der Waals surface area contributed by atoms with Gasteiger partial charge in [0.2, 0.25) is 5.91 Å². The molecule has 0 saturated carbocycles. The maximum absolute atomic E-state index is 11.8. The third-order valence-corrected chi connectivity index (χ3v) is 4.78. The van der Waals surface area contributed by atoms with Crippen molar-refractivity contribution >= 4 is 42.3 Å². The van der Waals surface area contributed by atoms with E-state index >= 15 is 0 Å². The summed E-state index contributed by atoms with van der Waals surface area (Å²) in [4.78, 5) is 14.2. The Kier molecular flexibility index (Phi) is 14.2. The molecule has 0 spiro atoms. The van der Waals surface area contributed by atoms with Crippen LogP contribution in [0.1, 0.15) is 18.4 Å². The number of methoxy groups -OCH3 is 1. The Labute approximate surface area is 174 Å². The first-order chi connectivity index (χ1) is 11.7. The van der Waals surface area contributed by atoms with E-state index < -0.39 is 0 Å². The van der Waals surface area contributed by atoms with Crippen LogP contribution < -0.4 is 10.6 Å². The fraction of sp³-hybridized carbons (Fsp3) is 0.611. The van der Waals surface area contributed by atoms with Crippen LogP contribution in [0.4, 0.5) is 0 Å². The van der Waals surface area contributed by atoms with E-state index in [9.17, 15) is 4.79 Å². The average molecular weight is 427 g/mol. The molecule has 2 N–H and O–H groups in total. The van der Waals surface area contributed by atoms with Gasteiger partial charge in [-0.3, -0.25) is 9.69 Å². The maximum atomic E-state index is 11.8. The van der Waals surface area contributed by atoms with E-state index in [1.165, 1.54) is 5.56 Å². The Bertz CT molecular complexity index is 512. The van der Waals surface area contributed by atoms with E-state index in [1.807, 2.05) is 18.2 Å². The zero-order valence-electron chi connectivity index (χ0n) is 15.2. The first-order valence-corrected chi connectivity index (χ1v) is 8.99. The average Bonchev–Trinajstić information content (AvgIpc) is 2.60. The Morgan fingerprint density at radius 2 is 1.96 bits per heavy atom. The van der Waals surface area contributed by atoms with Crippen molar-refractivity contribution in [3.05, 3.63) is 34.9 Å². The molecule has 2 rings (SSSR count). The number of nitrogens with one attached hydrogen (secondary N) is 2. The highest BCUT2D eigenvalue weighted by atomic mass is 35.5. The third-order valence-electron chi connectivity index (χ3n) is 4.42. The van der Waals surface area contributed by atoms with Crippen molar-refractivity contribution in [2.45, 2.75) is 19.4 Å². The van der Waals surface area contributed by atoms with E-state index in [4.69, 9.17) is 16.3 Å². The zero-order valence-corrected chi connectivity index (χ0v) is 17.6. The summed E-state index contributed by atoms with van der Waals surface area (Å²) in [7, 11) is 1.65. The molecule has 1 heterocycles. The molecule has 0 aliphatic carbocycles. The minimum absolute atomic E-state index is 0. The SMILES string of the molecule is COCCNCC(=O)NCC1CCN(Cc2ccccc2Cl)CC1.Cl.Cl. The van der Waals surface area contributed by atoms with Gasteiger partial charge in [-0.2, -0.15) is 0 Å². The highest BCUT2D eigenvalue weighted by Crippen LogP contribution is 2.21. The lowest BCUT2D eigenvalue weighted by Gasteiger charge is -2.32. The number of carbonyl (C=O) groups is 1. The van der Waals surface area contributed by atoms with Crippen LogP contribution in [0.2, 0.25) is 5.02 Å². The minimum atomic E-state index is 0. The Balaban J connectivity index is 0.00000312. The topological polar surface area (TPSA) is 53.6 Å². The molecule has 1 saturated heterocycles. The maximum Gasteiger partial charge on any atom is 0.233 e. The van der Waals surface area contributed by atoms with Crippen molar-refractivity contribution in [3.8, 4) is 0 Å². The van der Waals surface area contributed by atoms with Crippen LogP contribution in [0.15, 0.2) is 24.3 Å². The van der Waals surface area contributed by atoms with Crippen LogP contribution in [0, 0.1) is 5.92 Å². The Morgan fingerprint density at radius 3 is 2.62 bits per heavy atom. The Hall–Kier alpha value is -0.560. The van der Waals surface area contributed by atoms with Crippen LogP contribution in [0.3, 0.4) is 0 Å². The van der Waals surface area contributed by atoms with Crippen molar-refractivity contribution in [2.24, 2.45) is 5.92 Å². The molecule has 1 aromatic rings. The lowest BCUT2D eigenvalue weighted by Crippen LogP contribution is -2.41. The molecule has 0 radical (unpaired) electrons. The number of hydrogen-bond donors (Lipinski definition) is 2. The number of amides is 1. The molecular formula is C18H30Cl3N3O2. The van der Waals surface area contributed by atoms with Gasteiger partial charge in [0, 0.05) is 31.8 Å².